The van der Waals surface area contributed by atoms with Gasteiger partial charge in [-0.25, -0.2) is 0 Å². The first-order chi connectivity index (χ1) is 10.1. The summed E-state index contributed by atoms with van der Waals surface area (Å²) in [5, 5.41) is 2.85. The Morgan fingerprint density at radius 2 is 0.864 bits per heavy atom. The summed E-state index contributed by atoms with van der Waals surface area (Å²) in [5.41, 5.74) is 0. The molecular weight excluding hydrogens is 331 g/mol. The zero-order valence-electron chi connectivity index (χ0n) is 17.4. The first kappa shape index (κ1) is 25.3. The van der Waals surface area contributed by atoms with Crippen molar-refractivity contribution in [3.8, 4) is 0 Å². The Morgan fingerprint density at radius 3 is 0.955 bits per heavy atom. The van der Waals surface area contributed by atoms with E-state index in [4.69, 9.17) is 13.3 Å². The van der Waals surface area contributed by atoms with Gasteiger partial charge in [0.15, 0.2) is 0 Å². The van der Waals surface area contributed by atoms with E-state index in [0.29, 0.717) is 0 Å². The fraction of sp³-hybridized carbons (Fsp3) is 1.00. The van der Waals surface area contributed by atoms with Gasteiger partial charge in [0.2, 0.25) is 0 Å². The largest absolute Gasteiger partial charge is 1.00 e. The molecule has 0 N–H and O–H groups in total. The van der Waals surface area contributed by atoms with E-state index in [9.17, 15) is 0 Å². The van der Waals surface area contributed by atoms with Crippen LogP contribution in [0.5, 0.6) is 0 Å². The molecule has 0 atom stereocenters. The van der Waals surface area contributed by atoms with Gasteiger partial charge in [-0.1, -0.05) is 0 Å². The second-order valence-electron chi connectivity index (χ2n) is 6.27. The van der Waals surface area contributed by atoms with Crippen LogP contribution in [0.25, 0.3) is 0 Å². The van der Waals surface area contributed by atoms with Crippen LogP contribution in [0.2, 0.25) is 10.6 Å². The molecule has 0 unspecified atom stereocenters. The van der Waals surface area contributed by atoms with E-state index in [-0.39, 0.29) is 25.8 Å². The first-order valence-corrected chi connectivity index (χ1v) is 12.8. The molecule has 0 aliphatic heterocycles. The Kier molecular flexibility index (Phi) is 16.6. The molecule has 0 aromatic heterocycles. The maximum atomic E-state index is 5.89. The monoisotopic (exact) mass is 370 g/mol. The summed E-state index contributed by atoms with van der Waals surface area (Å²) in [6, 6.07) is 0. The molecule has 0 fully saturated rings. The topological polar surface area (TPSA) is 36.9 Å². The summed E-state index contributed by atoms with van der Waals surface area (Å²) in [7, 11) is 0. The minimum absolute atomic E-state index is 0. The third kappa shape index (κ3) is 16.0. The number of hydrogen-bond donors (Lipinski definition) is 0. The third-order valence-corrected chi connectivity index (χ3v) is 8.00. The Morgan fingerprint density at radius 1 is 0.636 bits per heavy atom. The van der Waals surface area contributed by atoms with E-state index in [1.807, 2.05) is 55.4 Å². The van der Waals surface area contributed by atoms with Gasteiger partial charge in [0, 0.05) is 0 Å². The van der Waals surface area contributed by atoms with Gasteiger partial charge in [0.05, 0.1) is 0 Å². The molecule has 0 aromatic carbocycles. The molecule has 4 nitrogen and oxygen atoms in total. The average molecular weight is 370 g/mol. The van der Waals surface area contributed by atoms with E-state index in [2.05, 4.69) is 13.8 Å². The molecule has 134 valence electrons. The van der Waals surface area contributed by atoms with Crippen molar-refractivity contribution in [1.82, 2.24) is 0 Å². The molecule has 0 amide bonds. The van der Waals surface area contributed by atoms with Gasteiger partial charge in [-0.3, -0.25) is 0 Å². The average Bonchev–Trinajstić information content (AvgIpc) is 2.25. The summed E-state index contributed by atoms with van der Waals surface area (Å²) in [4.78, 5) is 0. The quantitative estimate of drug-likeness (QED) is 0.497. The SMILES string of the molecule is CC(C)[O][Ti]([O]C(C)C)([O]C(C)C)[O]C(C)C.C[CH2][Al+][CH2]C.[H-]. The fourth-order valence-corrected chi connectivity index (χ4v) is 6.31. The molecule has 0 aliphatic carbocycles. The molecule has 0 aliphatic rings. The second kappa shape index (κ2) is 14.4. The molecular formula is C16H39AlO4Ti. The molecule has 0 rings (SSSR count). The van der Waals surface area contributed by atoms with Crippen molar-refractivity contribution in [3.05, 3.63) is 0 Å². The van der Waals surface area contributed by atoms with Gasteiger partial charge >= 0.3 is 151 Å². The summed E-state index contributed by atoms with van der Waals surface area (Å²) in [6.45, 7) is 20.3. The zero-order chi connectivity index (χ0) is 17.8. The van der Waals surface area contributed by atoms with Gasteiger partial charge in [0.1, 0.15) is 0 Å². The van der Waals surface area contributed by atoms with Crippen LogP contribution < -0.4 is 0 Å². The molecule has 0 aromatic rings. The maximum Gasteiger partial charge on any atom is -1.00 e. The molecule has 0 heterocycles. The first-order valence-electron chi connectivity index (χ1n) is 8.61. The van der Waals surface area contributed by atoms with Crippen LogP contribution in [0.4, 0.5) is 0 Å². The molecule has 0 saturated heterocycles. The Hall–Kier alpha value is 1.09. The minimum Gasteiger partial charge on any atom is -1.00 e. The standard InChI is InChI=1S/4C3H7O.2C2H5.Al.Ti.H/c4*1-3(2)4;2*1-2;;;/h4*3H,1-2H3;2*1H2,2H3;;;/q4*-1;;;+1;+4;-1. The fourth-order valence-electron chi connectivity index (χ4n) is 1.61. The normalized spacial score (nSPS) is 11.9. The van der Waals surface area contributed by atoms with Crippen LogP contribution in [0.1, 0.15) is 70.7 Å². The number of rotatable bonds is 10. The Balaban J connectivity index is -0.000000578. The summed E-state index contributed by atoms with van der Waals surface area (Å²) in [5.74, 6) is 0. The predicted octanol–water partition coefficient (Wildman–Crippen LogP) is 5.18. The second-order valence-corrected chi connectivity index (χ2v) is 11.5. The Labute approximate surface area is 152 Å². The zero-order valence-corrected chi connectivity index (χ0v) is 19.2. The number of hydrogen-bond acceptors (Lipinski definition) is 4. The van der Waals surface area contributed by atoms with Gasteiger partial charge in [-0.05, 0) is 0 Å². The van der Waals surface area contributed by atoms with E-state index < -0.39 is 18.1 Å². The van der Waals surface area contributed by atoms with E-state index in [1.165, 1.54) is 10.6 Å². The van der Waals surface area contributed by atoms with E-state index in [0.717, 1.165) is 15.2 Å². The van der Waals surface area contributed by atoms with Crippen LogP contribution in [0.3, 0.4) is 0 Å². The molecule has 0 radical (unpaired) electrons. The van der Waals surface area contributed by atoms with Gasteiger partial charge < -0.3 is 1.43 Å². The van der Waals surface area contributed by atoms with Crippen molar-refractivity contribution in [1.29, 1.82) is 0 Å². The van der Waals surface area contributed by atoms with Crippen LogP contribution in [0.15, 0.2) is 0 Å². The van der Waals surface area contributed by atoms with Crippen molar-refractivity contribution < 1.29 is 32.8 Å². The van der Waals surface area contributed by atoms with Crippen LogP contribution in [-0.4, -0.2) is 39.6 Å². The van der Waals surface area contributed by atoms with Gasteiger partial charge in [0.25, 0.3) is 0 Å². The molecule has 0 saturated carbocycles. The molecule has 0 bridgehead atoms. The minimum atomic E-state index is -3.62. The van der Waals surface area contributed by atoms with Gasteiger partial charge in [-0.15, -0.1) is 0 Å². The van der Waals surface area contributed by atoms with Crippen molar-refractivity contribution >= 4 is 15.2 Å². The van der Waals surface area contributed by atoms with Crippen LogP contribution >= 0.6 is 0 Å². The molecule has 0 spiro atoms. The van der Waals surface area contributed by atoms with Crippen molar-refractivity contribution in [2.75, 3.05) is 0 Å². The Bertz CT molecular complexity index is 207. The van der Waals surface area contributed by atoms with E-state index >= 15 is 0 Å². The van der Waals surface area contributed by atoms with Crippen molar-refractivity contribution in [2.24, 2.45) is 0 Å². The summed E-state index contributed by atoms with van der Waals surface area (Å²) in [6.07, 6.45) is 0.134. The van der Waals surface area contributed by atoms with E-state index in [1.54, 1.807) is 0 Å². The van der Waals surface area contributed by atoms with Crippen LogP contribution in [0, 0.1) is 0 Å². The summed E-state index contributed by atoms with van der Waals surface area (Å²) < 4.78 is 23.6. The predicted molar refractivity (Wildman–Crippen MR) is 92.7 cm³/mol. The van der Waals surface area contributed by atoms with Gasteiger partial charge in [-0.2, -0.15) is 0 Å². The third-order valence-electron chi connectivity index (χ3n) is 2.10. The van der Waals surface area contributed by atoms with Crippen molar-refractivity contribution in [2.45, 2.75) is 104 Å². The smallest absolute Gasteiger partial charge is 1.00 e. The maximum absolute atomic E-state index is 5.89. The summed E-state index contributed by atoms with van der Waals surface area (Å²) >= 11 is -2.81. The van der Waals surface area contributed by atoms with Crippen LogP contribution in [-0.2, 0) is 31.4 Å². The van der Waals surface area contributed by atoms with Crippen molar-refractivity contribution in [3.63, 3.8) is 0 Å². The molecule has 22 heavy (non-hydrogen) atoms. The molecule has 6 heteroatoms.